The topological polar surface area (TPSA) is 182 Å². The second kappa shape index (κ2) is 17.6. The summed E-state index contributed by atoms with van der Waals surface area (Å²) in [7, 11) is 3.11. The zero-order valence-electron chi connectivity index (χ0n) is 22.9. The molecule has 0 saturated carbocycles. The number of benzene rings is 1. The molecule has 13 nitrogen and oxygen atoms in total. The van der Waals surface area contributed by atoms with Crippen molar-refractivity contribution in [2.45, 2.75) is 32.6 Å². The average molecular weight is 549 g/mol. The number of carbonyl (C=O) groups excluding carboxylic acids is 2. The summed E-state index contributed by atoms with van der Waals surface area (Å²) in [4.78, 5) is 30.8. The number of unbranched alkanes of at least 4 members (excludes halogenated alkanes) is 1. The molecule has 6 N–H and O–H groups in total. The van der Waals surface area contributed by atoms with E-state index in [1.807, 2.05) is 12.1 Å². The van der Waals surface area contributed by atoms with Crippen LogP contribution in [-0.4, -0.2) is 82.1 Å². The molecule has 216 valence electrons. The van der Waals surface area contributed by atoms with Gasteiger partial charge in [-0.05, 0) is 30.5 Å². The Morgan fingerprint density at radius 2 is 1.54 bits per heavy atom. The molecule has 0 aliphatic heterocycles. The lowest BCUT2D eigenvalue weighted by Gasteiger charge is -2.16. The van der Waals surface area contributed by atoms with Crippen LogP contribution < -0.4 is 36.3 Å². The third kappa shape index (κ3) is 12.0. The number of hydrogen-bond donors (Lipinski definition) is 4. The average Bonchev–Trinajstić information content (AvgIpc) is 2.91. The number of nitrogens with zero attached hydrogens (tertiary/aromatic N) is 2. The van der Waals surface area contributed by atoms with Gasteiger partial charge in [0.05, 0.1) is 47.3 Å². The van der Waals surface area contributed by atoms with Gasteiger partial charge in [0.25, 0.3) is 0 Å². The van der Waals surface area contributed by atoms with E-state index in [4.69, 9.17) is 35.2 Å². The molecule has 0 fully saturated rings. The highest BCUT2D eigenvalue weighted by molar-refractivity contribution is 5.75. The molecule has 2 rings (SSSR count). The number of amides is 2. The highest BCUT2D eigenvalue weighted by Gasteiger charge is 2.16. The first-order valence-electron chi connectivity index (χ1n) is 12.7. The summed E-state index contributed by atoms with van der Waals surface area (Å²) < 4.78 is 27.7. The fraction of sp³-hybridized carbons (Fsp3) is 0.538. The van der Waals surface area contributed by atoms with E-state index in [-0.39, 0.29) is 17.8 Å². The van der Waals surface area contributed by atoms with Crippen molar-refractivity contribution in [1.82, 2.24) is 20.6 Å². The maximum Gasteiger partial charge on any atom is 0.221 e. The number of hydrogen-bond acceptors (Lipinski definition) is 11. The maximum absolute atomic E-state index is 12.0. The molecule has 39 heavy (non-hydrogen) atoms. The summed E-state index contributed by atoms with van der Waals surface area (Å²) in [5.41, 5.74) is 13.2. The molecule has 0 spiro atoms. The second-order valence-electron chi connectivity index (χ2n) is 8.51. The van der Waals surface area contributed by atoms with Crippen molar-refractivity contribution in [2.24, 2.45) is 0 Å². The molecule has 0 unspecified atom stereocenters. The van der Waals surface area contributed by atoms with E-state index >= 15 is 0 Å². The molecule has 0 aliphatic rings. The number of anilines is 2. The van der Waals surface area contributed by atoms with Crippen LogP contribution in [0.25, 0.3) is 0 Å². The molecule has 0 bridgehead atoms. The fourth-order valence-corrected chi connectivity index (χ4v) is 3.50. The highest BCUT2D eigenvalue weighted by atomic mass is 16.5. The minimum atomic E-state index is -0.0850. The number of nitrogens with two attached hydrogens (primary N) is 2. The van der Waals surface area contributed by atoms with E-state index in [0.29, 0.717) is 94.9 Å². The first-order chi connectivity index (χ1) is 18.8. The SMILES string of the molecule is COc1cc(Cc2cnc(N)nc2N)cc(OC)c1OCCCCC(=O)NCCOCCOCCNC(C)=O. The van der Waals surface area contributed by atoms with E-state index in [9.17, 15) is 9.59 Å². The molecule has 0 atom stereocenters. The fourth-order valence-electron chi connectivity index (χ4n) is 3.50. The first kappa shape index (κ1) is 31.4. The van der Waals surface area contributed by atoms with E-state index in [0.717, 1.165) is 11.1 Å². The Balaban J connectivity index is 1.66. The molecule has 13 heteroatoms. The van der Waals surface area contributed by atoms with Crippen LogP contribution in [0.15, 0.2) is 18.3 Å². The number of rotatable bonds is 19. The normalized spacial score (nSPS) is 10.6. The summed E-state index contributed by atoms with van der Waals surface area (Å²) in [6, 6.07) is 3.70. The first-order valence-corrected chi connectivity index (χ1v) is 12.7. The number of aromatic nitrogens is 2. The van der Waals surface area contributed by atoms with Crippen molar-refractivity contribution in [3.63, 3.8) is 0 Å². The van der Waals surface area contributed by atoms with Crippen LogP contribution in [0.4, 0.5) is 11.8 Å². The van der Waals surface area contributed by atoms with Crippen LogP contribution in [0.3, 0.4) is 0 Å². The Hall–Kier alpha value is -3.84. The quantitative estimate of drug-likeness (QED) is 0.184. The molecule has 2 amide bonds. The number of nitrogen functional groups attached to an aromatic ring is 2. The minimum absolute atomic E-state index is 0.0457. The van der Waals surface area contributed by atoms with E-state index in [1.165, 1.54) is 6.92 Å². The Bertz CT molecular complexity index is 1030. The molecular weight excluding hydrogens is 508 g/mol. The molecule has 0 saturated heterocycles. The van der Waals surface area contributed by atoms with Crippen LogP contribution in [0.5, 0.6) is 17.2 Å². The van der Waals surface area contributed by atoms with E-state index in [2.05, 4.69) is 20.6 Å². The van der Waals surface area contributed by atoms with Gasteiger partial charge in [-0.15, -0.1) is 0 Å². The van der Waals surface area contributed by atoms with Crippen LogP contribution in [0, 0.1) is 0 Å². The lowest BCUT2D eigenvalue weighted by Crippen LogP contribution is -2.27. The molecule has 1 aromatic carbocycles. The lowest BCUT2D eigenvalue weighted by molar-refractivity contribution is -0.121. The standard InChI is InChI=1S/C26H40N6O7/c1-18(33)29-7-10-37-12-13-38-11-8-30-23(34)6-4-5-9-39-24-21(35-2)15-19(16-22(24)36-3)14-20-17-31-26(28)32-25(20)27/h15-17H,4-14H2,1-3H3,(H,29,33)(H,30,34)(H4,27,28,31,32). The van der Waals surface area contributed by atoms with E-state index in [1.54, 1.807) is 20.4 Å². The summed E-state index contributed by atoms with van der Waals surface area (Å²) in [6.45, 7) is 4.44. The Morgan fingerprint density at radius 1 is 0.897 bits per heavy atom. The molecular formula is C26H40N6O7. The maximum atomic E-state index is 12.0. The number of nitrogens with one attached hydrogen (secondary N) is 2. The van der Waals surface area contributed by atoms with Gasteiger partial charge < -0.3 is 45.8 Å². The number of carbonyl (C=O) groups is 2. The highest BCUT2D eigenvalue weighted by Crippen LogP contribution is 2.39. The van der Waals surface area contributed by atoms with Crippen molar-refractivity contribution in [3.8, 4) is 17.2 Å². The van der Waals surface area contributed by atoms with Gasteiger partial charge in [-0.1, -0.05) is 0 Å². The number of ether oxygens (including phenoxy) is 5. The van der Waals surface area contributed by atoms with Crippen molar-refractivity contribution in [3.05, 3.63) is 29.5 Å². The van der Waals surface area contributed by atoms with Crippen LogP contribution in [0.2, 0.25) is 0 Å². The monoisotopic (exact) mass is 548 g/mol. The summed E-state index contributed by atoms with van der Waals surface area (Å²) in [5.74, 6) is 1.85. The van der Waals surface area contributed by atoms with Gasteiger partial charge in [-0.3, -0.25) is 9.59 Å². The predicted octanol–water partition coefficient (Wildman–Crippen LogP) is 1.08. The second-order valence-corrected chi connectivity index (χ2v) is 8.51. The van der Waals surface area contributed by atoms with Crippen molar-refractivity contribution in [1.29, 1.82) is 0 Å². The number of methoxy groups -OCH3 is 2. The molecule has 0 aliphatic carbocycles. The summed E-state index contributed by atoms with van der Waals surface area (Å²) in [5, 5.41) is 5.47. The van der Waals surface area contributed by atoms with Gasteiger partial charge >= 0.3 is 0 Å². The zero-order chi connectivity index (χ0) is 28.5. The van der Waals surface area contributed by atoms with Crippen LogP contribution in [-0.2, 0) is 25.5 Å². The smallest absolute Gasteiger partial charge is 0.221 e. The zero-order valence-corrected chi connectivity index (χ0v) is 22.9. The molecule has 0 radical (unpaired) electrons. The van der Waals surface area contributed by atoms with Crippen LogP contribution in [0.1, 0.15) is 37.3 Å². The van der Waals surface area contributed by atoms with Gasteiger partial charge in [-0.2, -0.15) is 4.98 Å². The molecule has 1 heterocycles. The third-order valence-electron chi connectivity index (χ3n) is 5.44. The van der Waals surface area contributed by atoms with Crippen molar-refractivity contribution >= 4 is 23.6 Å². The summed E-state index contributed by atoms with van der Waals surface area (Å²) in [6.07, 6.45) is 3.78. The molecule has 2 aromatic rings. The van der Waals surface area contributed by atoms with Gasteiger partial charge in [0.2, 0.25) is 23.5 Å². The third-order valence-corrected chi connectivity index (χ3v) is 5.44. The Morgan fingerprint density at radius 3 is 2.13 bits per heavy atom. The Labute approximate surface area is 228 Å². The summed E-state index contributed by atoms with van der Waals surface area (Å²) >= 11 is 0. The van der Waals surface area contributed by atoms with Gasteiger partial charge in [0.15, 0.2) is 11.5 Å². The Kier molecular flexibility index (Phi) is 14.2. The van der Waals surface area contributed by atoms with E-state index < -0.39 is 0 Å². The molecule has 1 aromatic heterocycles. The van der Waals surface area contributed by atoms with Crippen molar-refractivity contribution in [2.75, 3.05) is 71.8 Å². The largest absolute Gasteiger partial charge is 0.493 e. The lowest BCUT2D eigenvalue weighted by atomic mass is 10.1. The van der Waals surface area contributed by atoms with Gasteiger partial charge in [0.1, 0.15) is 5.82 Å². The van der Waals surface area contributed by atoms with Gasteiger partial charge in [0, 0.05) is 44.6 Å². The van der Waals surface area contributed by atoms with Crippen molar-refractivity contribution < 1.29 is 33.3 Å². The van der Waals surface area contributed by atoms with Gasteiger partial charge in [-0.25, -0.2) is 4.98 Å². The minimum Gasteiger partial charge on any atom is -0.493 e. The van der Waals surface area contributed by atoms with Crippen LogP contribution >= 0.6 is 0 Å². The predicted molar refractivity (Wildman–Crippen MR) is 146 cm³/mol.